The first-order valence-electron chi connectivity index (χ1n) is 12.4. The Morgan fingerprint density at radius 2 is 1.52 bits per heavy atom. The first-order valence-corrected chi connectivity index (χ1v) is 12.4. The maximum Gasteiger partial charge on any atom is 0.409 e. The Kier molecular flexibility index (Phi) is 17.3. The van der Waals surface area contributed by atoms with E-state index in [1.165, 1.54) is 83.5 Å². The van der Waals surface area contributed by atoms with E-state index in [4.69, 9.17) is 9.47 Å². The van der Waals surface area contributed by atoms with Crippen molar-refractivity contribution in [3.63, 3.8) is 0 Å². The fraction of sp³-hybridized carbons (Fsp3) is 0.958. The van der Waals surface area contributed by atoms with Crippen molar-refractivity contribution in [2.75, 3.05) is 19.8 Å². The minimum atomic E-state index is -0.434. The predicted molar refractivity (Wildman–Crippen MR) is 119 cm³/mol. The van der Waals surface area contributed by atoms with Crippen LogP contribution in [0.1, 0.15) is 116 Å². The number of hydrogen-bond acceptors (Lipinski definition) is 4. The average molecular weight is 414 g/mol. The number of hydrogen-bond donors (Lipinski definition) is 2. The smallest absolute Gasteiger partial charge is 0.409 e. The third-order valence-electron chi connectivity index (χ3n) is 5.89. The van der Waals surface area contributed by atoms with E-state index in [1.54, 1.807) is 0 Å². The molecule has 0 aromatic rings. The van der Waals surface area contributed by atoms with E-state index in [1.807, 2.05) is 0 Å². The summed E-state index contributed by atoms with van der Waals surface area (Å²) in [7, 11) is 0. The summed E-state index contributed by atoms with van der Waals surface area (Å²) < 4.78 is 10.5. The van der Waals surface area contributed by atoms with Crippen LogP contribution in [0.5, 0.6) is 0 Å². The second-order valence-electron chi connectivity index (χ2n) is 8.66. The molecule has 2 atom stereocenters. The van der Waals surface area contributed by atoms with Crippen molar-refractivity contribution >= 4 is 6.09 Å². The van der Waals surface area contributed by atoms with Crippen LogP contribution in [0.4, 0.5) is 4.79 Å². The fourth-order valence-corrected chi connectivity index (χ4v) is 3.92. The Hall–Kier alpha value is -0.810. The molecular weight excluding hydrogens is 366 g/mol. The summed E-state index contributed by atoms with van der Waals surface area (Å²) in [6.07, 6.45) is 20.7. The Morgan fingerprint density at radius 3 is 2.00 bits per heavy atom. The van der Waals surface area contributed by atoms with Crippen LogP contribution < -0.4 is 5.32 Å². The van der Waals surface area contributed by atoms with E-state index in [2.05, 4.69) is 12.2 Å². The van der Waals surface area contributed by atoms with Gasteiger partial charge in [0.15, 0.2) is 0 Å². The average Bonchev–Trinajstić information content (AvgIpc) is 3.23. The summed E-state index contributed by atoms with van der Waals surface area (Å²) in [6, 6.07) is 0. The molecular formula is C24H47NO4. The van der Waals surface area contributed by atoms with Crippen molar-refractivity contribution in [1.29, 1.82) is 0 Å². The Bertz CT molecular complexity index is 372. The number of aliphatic hydroxyl groups is 1. The standard InChI is InChI=1S/C24H47NO4/c1-2-3-4-5-6-7-8-9-10-11-12-13-14-15-17-22(21-26)20-25-24(27)29-23-18-16-19-28-23/h22-23,26H,2-21H2,1H3,(H,25,27). The lowest BCUT2D eigenvalue weighted by atomic mass is 10.00. The second kappa shape index (κ2) is 19.2. The molecule has 5 heteroatoms. The first-order chi connectivity index (χ1) is 14.3. The summed E-state index contributed by atoms with van der Waals surface area (Å²) in [4.78, 5) is 11.7. The van der Waals surface area contributed by atoms with Gasteiger partial charge in [0, 0.05) is 19.6 Å². The summed E-state index contributed by atoms with van der Waals surface area (Å²) >= 11 is 0. The van der Waals surface area contributed by atoms with Gasteiger partial charge in [0.1, 0.15) is 0 Å². The van der Waals surface area contributed by atoms with Gasteiger partial charge in [-0.05, 0) is 18.8 Å². The number of unbranched alkanes of at least 4 members (excludes halogenated alkanes) is 13. The SMILES string of the molecule is CCCCCCCCCCCCCCCCC(CO)CNC(=O)OC1CCCO1. The molecule has 1 rings (SSSR count). The minimum Gasteiger partial charge on any atom is -0.420 e. The van der Waals surface area contributed by atoms with Crippen LogP contribution in [-0.2, 0) is 9.47 Å². The summed E-state index contributed by atoms with van der Waals surface area (Å²) in [5, 5.41) is 12.3. The van der Waals surface area contributed by atoms with Gasteiger partial charge in [-0.3, -0.25) is 0 Å². The Morgan fingerprint density at radius 1 is 0.966 bits per heavy atom. The highest BCUT2D eigenvalue weighted by molar-refractivity contribution is 5.67. The van der Waals surface area contributed by atoms with Gasteiger partial charge in [-0.15, -0.1) is 0 Å². The normalized spacial score (nSPS) is 17.4. The van der Waals surface area contributed by atoms with Gasteiger partial charge in [-0.25, -0.2) is 4.79 Å². The van der Waals surface area contributed by atoms with Gasteiger partial charge in [0.25, 0.3) is 0 Å². The third-order valence-corrected chi connectivity index (χ3v) is 5.89. The molecule has 0 saturated carbocycles. The van der Waals surface area contributed by atoms with Crippen molar-refractivity contribution in [1.82, 2.24) is 5.32 Å². The van der Waals surface area contributed by atoms with Crippen LogP contribution in [0.2, 0.25) is 0 Å². The molecule has 0 aromatic heterocycles. The fourth-order valence-electron chi connectivity index (χ4n) is 3.92. The van der Waals surface area contributed by atoms with Gasteiger partial charge in [0.2, 0.25) is 6.29 Å². The topological polar surface area (TPSA) is 67.8 Å². The molecule has 172 valence electrons. The zero-order valence-electron chi connectivity index (χ0n) is 19.0. The molecule has 0 radical (unpaired) electrons. The summed E-state index contributed by atoms with van der Waals surface area (Å²) in [5.74, 6) is 0.115. The quantitative estimate of drug-likeness (QED) is 0.243. The third kappa shape index (κ3) is 15.7. The first kappa shape index (κ1) is 26.2. The van der Waals surface area contributed by atoms with Crippen LogP contribution in [0.15, 0.2) is 0 Å². The van der Waals surface area contributed by atoms with Gasteiger partial charge in [-0.1, -0.05) is 96.8 Å². The van der Waals surface area contributed by atoms with Gasteiger partial charge < -0.3 is 19.9 Å². The highest BCUT2D eigenvalue weighted by Crippen LogP contribution is 2.15. The lowest BCUT2D eigenvalue weighted by Crippen LogP contribution is -2.33. The highest BCUT2D eigenvalue weighted by Gasteiger charge is 2.20. The highest BCUT2D eigenvalue weighted by atomic mass is 16.7. The number of carbonyl (C=O) groups is 1. The molecule has 1 saturated heterocycles. The van der Waals surface area contributed by atoms with E-state index in [0.29, 0.717) is 13.2 Å². The van der Waals surface area contributed by atoms with Crippen LogP contribution in [0.3, 0.4) is 0 Å². The zero-order chi connectivity index (χ0) is 21.0. The zero-order valence-corrected chi connectivity index (χ0v) is 19.0. The van der Waals surface area contributed by atoms with E-state index in [9.17, 15) is 9.90 Å². The van der Waals surface area contributed by atoms with Crippen LogP contribution in [0, 0.1) is 5.92 Å². The lowest BCUT2D eigenvalue weighted by Gasteiger charge is -2.16. The summed E-state index contributed by atoms with van der Waals surface area (Å²) in [5.41, 5.74) is 0. The Labute approximate surface area is 179 Å². The van der Waals surface area contributed by atoms with Crippen molar-refractivity contribution in [3.05, 3.63) is 0 Å². The molecule has 29 heavy (non-hydrogen) atoms. The van der Waals surface area contributed by atoms with E-state index in [-0.39, 0.29) is 12.5 Å². The number of ether oxygens (including phenoxy) is 2. The van der Waals surface area contributed by atoms with Crippen LogP contribution >= 0.6 is 0 Å². The molecule has 1 aliphatic rings. The maximum atomic E-state index is 11.7. The monoisotopic (exact) mass is 413 g/mol. The van der Waals surface area contributed by atoms with Gasteiger partial charge in [0.05, 0.1) is 6.61 Å². The molecule has 0 aliphatic carbocycles. The molecule has 1 fully saturated rings. The largest absolute Gasteiger partial charge is 0.420 e. The molecule has 0 aromatic carbocycles. The minimum absolute atomic E-state index is 0.110. The number of alkyl carbamates (subject to hydrolysis) is 1. The van der Waals surface area contributed by atoms with E-state index < -0.39 is 12.4 Å². The van der Waals surface area contributed by atoms with Gasteiger partial charge in [-0.2, -0.15) is 0 Å². The van der Waals surface area contributed by atoms with Crippen molar-refractivity contribution in [2.24, 2.45) is 5.92 Å². The second-order valence-corrected chi connectivity index (χ2v) is 8.66. The van der Waals surface area contributed by atoms with E-state index >= 15 is 0 Å². The molecule has 1 amide bonds. The molecule has 1 aliphatic heterocycles. The Balaban J connectivity index is 1.84. The van der Waals surface area contributed by atoms with Gasteiger partial charge >= 0.3 is 6.09 Å². The molecule has 5 nitrogen and oxygen atoms in total. The molecule has 2 N–H and O–H groups in total. The lowest BCUT2D eigenvalue weighted by molar-refractivity contribution is -0.0681. The molecule has 0 spiro atoms. The number of carbonyl (C=O) groups excluding carboxylic acids is 1. The predicted octanol–water partition coefficient (Wildman–Crippen LogP) is 6.33. The van der Waals surface area contributed by atoms with Crippen molar-refractivity contribution in [2.45, 2.75) is 122 Å². The number of rotatable bonds is 19. The number of nitrogens with one attached hydrogen (secondary N) is 1. The molecule has 2 unspecified atom stereocenters. The van der Waals surface area contributed by atoms with Crippen LogP contribution in [0.25, 0.3) is 0 Å². The van der Waals surface area contributed by atoms with Crippen molar-refractivity contribution < 1.29 is 19.4 Å². The van der Waals surface area contributed by atoms with Crippen molar-refractivity contribution in [3.8, 4) is 0 Å². The molecule has 1 heterocycles. The number of aliphatic hydroxyl groups excluding tert-OH is 1. The van der Waals surface area contributed by atoms with E-state index in [0.717, 1.165) is 25.7 Å². The number of amides is 1. The summed E-state index contributed by atoms with van der Waals surface area (Å²) in [6.45, 7) is 3.52. The molecule has 0 bridgehead atoms. The maximum absolute atomic E-state index is 11.7. The van der Waals surface area contributed by atoms with Crippen LogP contribution in [-0.4, -0.2) is 37.2 Å².